The topological polar surface area (TPSA) is 129 Å². The Morgan fingerprint density at radius 1 is 1.42 bits per heavy atom. The van der Waals surface area contributed by atoms with E-state index >= 15 is 0 Å². The summed E-state index contributed by atoms with van der Waals surface area (Å²) >= 11 is 5.76. The Kier molecular flexibility index (Phi) is 6.91. The third-order valence-electron chi connectivity index (χ3n) is 3.98. The fourth-order valence-corrected chi connectivity index (χ4v) is 2.75. The number of piperazine rings is 1. The second-order valence-corrected chi connectivity index (χ2v) is 6.07. The highest BCUT2D eigenvalue weighted by atomic mass is 35.5. The van der Waals surface area contributed by atoms with Gasteiger partial charge in [0.05, 0.1) is 4.92 Å². The van der Waals surface area contributed by atoms with Gasteiger partial charge in [-0.3, -0.25) is 19.8 Å². The number of nitriles is 1. The number of nitrogens with two attached hydrogens (primary N) is 1. The van der Waals surface area contributed by atoms with Gasteiger partial charge in [-0.2, -0.15) is 5.26 Å². The number of carbonyl (C=O) groups is 1. The highest BCUT2D eigenvalue weighted by Gasteiger charge is 2.23. The van der Waals surface area contributed by atoms with Gasteiger partial charge in [-0.05, 0) is 12.1 Å². The average molecular weight is 379 g/mol. The van der Waals surface area contributed by atoms with Crippen LogP contribution in [0.15, 0.2) is 30.0 Å². The molecule has 0 spiro atoms. The summed E-state index contributed by atoms with van der Waals surface area (Å²) in [5.41, 5.74) is 5.55. The van der Waals surface area contributed by atoms with Crippen LogP contribution in [0, 0.1) is 21.4 Å². The first-order valence-corrected chi connectivity index (χ1v) is 8.36. The van der Waals surface area contributed by atoms with E-state index < -0.39 is 4.92 Å². The summed E-state index contributed by atoms with van der Waals surface area (Å²) in [6.07, 6.45) is 1.25. The van der Waals surface area contributed by atoms with E-state index in [4.69, 9.17) is 17.3 Å². The molecule has 1 heterocycles. The Labute approximate surface area is 155 Å². The predicted octanol–water partition coefficient (Wildman–Crippen LogP) is 1.17. The van der Waals surface area contributed by atoms with E-state index in [0.29, 0.717) is 38.4 Å². The molecule has 9 nitrogen and oxygen atoms in total. The number of carbonyl (C=O) groups excluding carboxylic acids is 1. The van der Waals surface area contributed by atoms with E-state index in [1.54, 1.807) is 4.90 Å². The van der Waals surface area contributed by atoms with Gasteiger partial charge in [0.2, 0.25) is 0 Å². The Morgan fingerprint density at radius 2 is 2.12 bits per heavy atom. The van der Waals surface area contributed by atoms with E-state index in [1.807, 2.05) is 6.07 Å². The molecule has 0 bridgehead atoms. The van der Waals surface area contributed by atoms with Crippen LogP contribution >= 0.6 is 11.6 Å². The molecule has 10 heteroatoms. The molecule has 0 aromatic heterocycles. The lowest BCUT2D eigenvalue weighted by molar-refractivity contribution is -0.384. The number of nitro groups is 1. The van der Waals surface area contributed by atoms with E-state index in [0.717, 1.165) is 6.54 Å². The van der Waals surface area contributed by atoms with Gasteiger partial charge >= 0.3 is 0 Å². The minimum Gasteiger partial charge on any atom is -0.360 e. The first-order chi connectivity index (χ1) is 12.5. The third-order valence-corrected chi connectivity index (χ3v) is 4.30. The predicted molar refractivity (Wildman–Crippen MR) is 97.5 cm³/mol. The van der Waals surface area contributed by atoms with Crippen molar-refractivity contribution < 1.29 is 9.72 Å². The average Bonchev–Trinajstić information content (AvgIpc) is 2.64. The quantitative estimate of drug-likeness (QED) is 0.329. The van der Waals surface area contributed by atoms with Crippen LogP contribution in [-0.4, -0.2) is 59.9 Å². The van der Waals surface area contributed by atoms with E-state index in [1.165, 1.54) is 24.4 Å². The Morgan fingerprint density at radius 3 is 2.69 bits per heavy atom. The largest absolute Gasteiger partial charge is 0.360 e. The summed E-state index contributed by atoms with van der Waals surface area (Å²) in [7, 11) is 0. The highest BCUT2D eigenvalue weighted by Crippen LogP contribution is 2.27. The molecule has 1 saturated heterocycles. The fraction of sp³-hybridized carbons (Fsp3) is 0.375. The van der Waals surface area contributed by atoms with Crippen LogP contribution < -0.4 is 11.1 Å². The molecule has 0 atom stereocenters. The Bertz CT molecular complexity index is 753. The number of nitrogens with zero attached hydrogens (tertiary/aromatic N) is 4. The van der Waals surface area contributed by atoms with E-state index in [-0.39, 0.29) is 22.2 Å². The second kappa shape index (κ2) is 9.15. The number of nitro benzene ring substituents is 1. The van der Waals surface area contributed by atoms with Gasteiger partial charge in [0.1, 0.15) is 16.7 Å². The number of anilines is 1. The van der Waals surface area contributed by atoms with Crippen LogP contribution in [0.4, 0.5) is 11.4 Å². The molecule has 0 saturated carbocycles. The number of halogens is 1. The molecular weight excluding hydrogens is 360 g/mol. The minimum absolute atomic E-state index is 0.0106. The van der Waals surface area contributed by atoms with Crippen LogP contribution in [0.2, 0.25) is 5.02 Å². The number of hydrogen-bond donors (Lipinski definition) is 2. The maximum atomic E-state index is 12.5. The molecule has 1 aliphatic heterocycles. The molecule has 26 heavy (non-hydrogen) atoms. The summed E-state index contributed by atoms with van der Waals surface area (Å²) < 4.78 is 0. The summed E-state index contributed by atoms with van der Waals surface area (Å²) in [6.45, 7) is 3.79. The van der Waals surface area contributed by atoms with E-state index in [9.17, 15) is 20.2 Å². The smallest absolute Gasteiger partial charge is 0.289 e. The molecule has 138 valence electrons. The summed E-state index contributed by atoms with van der Waals surface area (Å²) in [5, 5.41) is 22.9. The number of amides is 1. The number of hydrogen-bond acceptors (Lipinski definition) is 7. The molecule has 1 amide bonds. The van der Waals surface area contributed by atoms with Crippen molar-refractivity contribution in [2.45, 2.75) is 0 Å². The molecule has 1 aromatic rings. The zero-order valence-corrected chi connectivity index (χ0v) is 14.8. The van der Waals surface area contributed by atoms with Crippen molar-refractivity contribution in [3.8, 4) is 6.07 Å². The molecule has 3 N–H and O–H groups in total. The molecule has 1 aromatic carbocycles. The van der Waals surface area contributed by atoms with Gasteiger partial charge in [-0.15, -0.1) is 0 Å². The third kappa shape index (κ3) is 4.92. The summed E-state index contributed by atoms with van der Waals surface area (Å²) in [5.74, 6) is -0.379. The number of nitrogens with one attached hydrogen (secondary N) is 1. The molecule has 2 rings (SSSR count). The van der Waals surface area contributed by atoms with Crippen molar-refractivity contribution in [2.75, 3.05) is 44.6 Å². The van der Waals surface area contributed by atoms with Gasteiger partial charge in [0.25, 0.3) is 11.6 Å². The molecule has 0 aliphatic carbocycles. The van der Waals surface area contributed by atoms with Gasteiger partial charge < -0.3 is 16.0 Å². The fourth-order valence-electron chi connectivity index (χ4n) is 2.57. The highest BCUT2D eigenvalue weighted by molar-refractivity contribution is 6.32. The van der Waals surface area contributed by atoms with Crippen molar-refractivity contribution in [1.29, 1.82) is 5.26 Å². The van der Waals surface area contributed by atoms with Crippen LogP contribution in [0.3, 0.4) is 0 Å². The second-order valence-electron chi connectivity index (χ2n) is 5.66. The number of benzene rings is 1. The SMILES string of the molecule is N#C/C(=C/Nc1ccc(Cl)c([N+](=O)[O-])c1)C(=O)N1CCN(CCN)CC1. The first-order valence-electron chi connectivity index (χ1n) is 7.98. The molecular formula is C16H19ClN6O3. The van der Waals surface area contributed by atoms with Crippen LogP contribution in [-0.2, 0) is 4.79 Å². The molecule has 0 unspecified atom stereocenters. The maximum Gasteiger partial charge on any atom is 0.289 e. The number of rotatable bonds is 6. The van der Waals surface area contributed by atoms with Crippen molar-refractivity contribution >= 4 is 28.9 Å². The normalized spacial score (nSPS) is 15.4. The lowest BCUT2D eigenvalue weighted by Crippen LogP contribution is -2.50. The standard InChI is InChI=1S/C16H19ClN6O3/c17-14-2-1-13(9-15(14)23(25)26)20-11-12(10-19)16(24)22-7-5-21(4-3-18)6-8-22/h1-2,9,11,20H,3-8,18H2/b12-11-. The van der Waals surface area contributed by atoms with Crippen LogP contribution in [0.1, 0.15) is 0 Å². The van der Waals surface area contributed by atoms with Crippen LogP contribution in [0.25, 0.3) is 0 Å². The zero-order chi connectivity index (χ0) is 19.1. The molecule has 1 aliphatic rings. The van der Waals surface area contributed by atoms with Gasteiger partial charge in [-0.1, -0.05) is 11.6 Å². The summed E-state index contributed by atoms with van der Waals surface area (Å²) in [4.78, 5) is 26.5. The molecule has 1 fully saturated rings. The van der Waals surface area contributed by atoms with Crippen molar-refractivity contribution in [2.24, 2.45) is 5.73 Å². The Hall–Kier alpha value is -2.67. The van der Waals surface area contributed by atoms with Crippen molar-refractivity contribution in [3.05, 3.63) is 45.1 Å². The summed E-state index contributed by atoms with van der Waals surface area (Å²) in [6, 6.07) is 6.01. The van der Waals surface area contributed by atoms with Crippen molar-refractivity contribution in [3.63, 3.8) is 0 Å². The van der Waals surface area contributed by atoms with Crippen molar-refractivity contribution in [1.82, 2.24) is 9.80 Å². The van der Waals surface area contributed by atoms with E-state index in [2.05, 4.69) is 10.2 Å². The Balaban J connectivity index is 2.04. The van der Waals surface area contributed by atoms with Crippen LogP contribution in [0.5, 0.6) is 0 Å². The van der Waals surface area contributed by atoms with Gasteiger partial charge in [-0.25, -0.2) is 0 Å². The lowest BCUT2D eigenvalue weighted by atomic mass is 10.2. The molecule has 0 radical (unpaired) electrons. The van der Waals surface area contributed by atoms with Gasteiger partial charge in [0, 0.05) is 57.2 Å². The monoisotopic (exact) mass is 378 g/mol. The maximum absolute atomic E-state index is 12.5. The van der Waals surface area contributed by atoms with Gasteiger partial charge in [0.15, 0.2) is 0 Å². The minimum atomic E-state index is -0.603. The zero-order valence-electron chi connectivity index (χ0n) is 14.0. The first kappa shape index (κ1) is 19.7. The lowest BCUT2D eigenvalue weighted by Gasteiger charge is -2.34.